The van der Waals surface area contributed by atoms with Crippen LogP contribution in [-0.2, 0) is 0 Å². The monoisotopic (exact) mass is 160 g/mol. The van der Waals surface area contributed by atoms with Gasteiger partial charge in [-0.25, -0.2) is 0 Å². The molecule has 0 bridgehead atoms. The molecule has 0 amide bonds. The lowest BCUT2D eigenvalue weighted by atomic mass is 10.1. The van der Waals surface area contributed by atoms with E-state index in [1.54, 1.807) is 0 Å². The molecule has 3 atom stereocenters. The molecule has 1 fully saturated rings. The molecule has 1 aliphatic heterocycles. The molecular formula is C7H16N2S. The Bertz CT molecular complexity index is 118. The number of hydrogen-bond acceptors (Lipinski definition) is 3. The maximum Gasteiger partial charge on any atom is 0.0681 e. The summed E-state index contributed by atoms with van der Waals surface area (Å²) < 4.78 is 0. The standard InChI is InChI=1S/C7H16N2S/c1-3-5-4-6(8)7(10)9(5)2/h5-7,10H,3-4,8H2,1-2H3/t5-,6+,7+/m1/s1. The summed E-state index contributed by atoms with van der Waals surface area (Å²) in [7, 11) is 2.10. The first-order valence-corrected chi connectivity index (χ1v) is 4.34. The fraction of sp³-hybridized carbons (Fsp3) is 1.00. The Morgan fingerprint density at radius 2 is 2.30 bits per heavy atom. The number of likely N-dealkylation sites (tertiary alicyclic amines) is 1. The van der Waals surface area contributed by atoms with E-state index in [1.165, 1.54) is 6.42 Å². The van der Waals surface area contributed by atoms with Crippen molar-refractivity contribution in [2.24, 2.45) is 5.73 Å². The number of likely N-dealkylation sites (N-methyl/N-ethyl adjacent to an activating group) is 1. The van der Waals surface area contributed by atoms with E-state index in [-0.39, 0.29) is 11.4 Å². The van der Waals surface area contributed by atoms with Crippen LogP contribution in [0.4, 0.5) is 0 Å². The number of rotatable bonds is 1. The largest absolute Gasteiger partial charge is 0.326 e. The molecule has 2 nitrogen and oxygen atoms in total. The lowest BCUT2D eigenvalue weighted by Crippen LogP contribution is -2.34. The first kappa shape index (κ1) is 8.37. The highest BCUT2D eigenvalue weighted by atomic mass is 32.1. The van der Waals surface area contributed by atoms with Gasteiger partial charge < -0.3 is 5.73 Å². The van der Waals surface area contributed by atoms with Gasteiger partial charge in [-0.05, 0) is 19.9 Å². The minimum Gasteiger partial charge on any atom is -0.326 e. The molecule has 0 aromatic carbocycles. The Balaban J connectivity index is 2.53. The zero-order chi connectivity index (χ0) is 7.72. The summed E-state index contributed by atoms with van der Waals surface area (Å²) >= 11 is 4.40. The quantitative estimate of drug-likeness (QED) is 0.552. The van der Waals surface area contributed by atoms with E-state index >= 15 is 0 Å². The molecule has 2 N–H and O–H groups in total. The van der Waals surface area contributed by atoms with Gasteiger partial charge in [0.25, 0.3) is 0 Å². The summed E-state index contributed by atoms with van der Waals surface area (Å²) in [5.74, 6) is 0. The molecule has 0 saturated carbocycles. The molecule has 0 radical (unpaired) electrons. The number of thiol groups is 1. The van der Waals surface area contributed by atoms with Crippen molar-refractivity contribution < 1.29 is 0 Å². The van der Waals surface area contributed by atoms with E-state index in [2.05, 4.69) is 31.5 Å². The highest BCUT2D eigenvalue weighted by Crippen LogP contribution is 2.25. The summed E-state index contributed by atoms with van der Waals surface area (Å²) in [5, 5.41) is 0.268. The van der Waals surface area contributed by atoms with Gasteiger partial charge in [-0.15, -0.1) is 0 Å². The van der Waals surface area contributed by atoms with Gasteiger partial charge in [0, 0.05) is 12.1 Å². The van der Waals surface area contributed by atoms with E-state index in [4.69, 9.17) is 5.73 Å². The van der Waals surface area contributed by atoms with Crippen LogP contribution >= 0.6 is 12.6 Å². The van der Waals surface area contributed by atoms with Gasteiger partial charge in [0.15, 0.2) is 0 Å². The average molecular weight is 160 g/mol. The molecule has 60 valence electrons. The molecule has 1 aliphatic rings. The summed E-state index contributed by atoms with van der Waals surface area (Å²) in [6, 6.07) is 0.913. The molecular weight excluding hydrogens is 144 g/mol. The highest BCUT2D eigenvalue weighted by molar-refractivity contribution is 7.81. The third kappa shape index (κ3) is 1.31. The van der Waals surface area contributed by atoms with Gasteiger partial charge in [0.05, 0.1) is 5.37 Å². The maximum atomic E-state index is 5.82. The predicted octanol–water partition coefficient (Wildman–Crippen LogP) is 0.684. The Kier molecular flexibility index (Phi) is 2.61. The number of nitrogens with zero attached hydrogens (tertiary/aromatic N) is 1. The second kappa shape index (κ2) is 3.11. The molecule has 10 heavy (non-hydrogen) atoms. The van der Waals surface area contributed by atoms with Crippen LogP contribution in [0.5, 0.6) is 0 Å². The summed E-state index contributed by atoms with van der Waals surface area (Å²) in [5.41, 5.74) is 5.82. The average Bonchev–Trinajstić information content (AvgIpc) is 2.17. The Morgan fingerprint density at radius 1 is 1.70 bits per heavy atom. The number of nitrogens with two attached hydrogens (primary N) is 1. The summed E-state index contributed by atoms with van der Waals surface area (Å²) in [6.07, 6.45) is 2.28. The van der Waals surface area contributed by atoms with Gasteiger partial charge in [-0.3, -0.25) is 4.90 Å². The van der Waals surface area contributed by atoms with Gasteiger partial charge >= 0.3 is 0 Å². The van der Waals surface area contributed by atoms with E-state index in [0.29, 0.717) is 6.04 Å². The van der Waals surface area contributed by atoms with Crippen LogP contribution in [0.2, 0.25) is 0 Å². The van der Waals surface area contributed by atoms with Crippen molar-refractivity contribution in [1.29, 1.82) is 0 Å². The van der Waals surface area contributed by atoms with Crippen molar-refractivity contribution in [3.05, 3.63) is 0 Å². The van der Waals surface area contributed by atoms with Crippen LogP contribution in [0.3, 0.4) is 0 Å². The van der Waals surface area contributed by atoms with Crippen LogP contribution in [0.25, 0.3) is 0 Å². The molecule has 1 rings (SSSR count). The lowest BCUT2D eigenvalue weighted by molar-refractivity contribution is 0.286. The fourth-order valence-corrected chi connectivity index (χ4v) is 1.89. The van der Waals surface area contributed by atoms with Crippen LogP contribution < -0.4 is 5.73 Å². The minimum atomic E-state index is 0.262. The molecule has 3 heteroatoms. The SMILES string of the molecule is CC[C@@H]1C[C@H](N)[C@H](S)N1C. The predicted molar refractivity (Wildman–Crippen MR) is 47.2 cm³/mol. The first-order valence-electron chi connectivity index (χ1n) is 3.82. The lowest BCUT2D eigenvalue weighted by Gasteiger charge is -2.21. The second-order valence-corrected chi connectivity index (χ2v) is 3.57. The van der Waals surface area contributed by atoms with E-state index in [9.17, 15) is 0 Å². The van der Waals surface area contributed by atoms with Crippen molar-refractivity contribution in [1.82, 2.24) is 4.90 Å². The highest BCUT2D eigenvalue weighted by Gasteiger charge is 2.32. The van der Waals surface area contributed by atoms with Crippen LogP contribution in [0, 0.1) is 0 Å². The topological polar surface area (TPSA) is 29.3 Å². The van der Waals surface area contributed by atoms with Crippen LogP contribution in [0.1, 0.15) is 19.8 Å². The van der Waals surface area contributed by atoms with E-state index in [1.807, 2.05) is 0 Å². The van der Waals surface area contributed by atoms with E-state index < -0.39 is 0 Å². The second-order valence-electron chi connectivity index (χ2n) is 3.04. The first-order chi connectivity index (χ1) is 4.66. The van der Waals surface area contributed by atoms with Crippen LogP contribution in [0.15, 0.2) is 0 Å². The zero-order valence-electron chi connectivity index (χ0n) is 6.62. The van der Waals surface area contributed by atoms with Crippen molar-refractivity contribution in [2.75, 3.05) is 7.05 Å². The molecule has 0 aliphatic carbocycles. The van der Waals surface area contributed by atoms with Crippen molar-refractivity contribution in [3.63, 3.8) is 0 Å². The molecule has 1 heterocycles. The van der Waals surface area contributed by atoms with Gasteiger partial charge in [0.2, 0.25) is 0 Å². The third-order valence-corrected chi connectivity index (χ3v) is 3.14. The Morgan fingerprint density at radius 3 is 2.50 bits per heavy atom. The zero-order valence-corrected chi connectivity index (χ0v) is 7.51. The normalized spacial score (nSPS) is 42.6. The maximum absolute atomic E-state index is 5.82. The third-order valence-electron chi connectivity index (χ3n) is 2.39. The number of hydrogen-bond donors (Lipinski definition) is 2. The minimum absolute atomic E-state index is 0.262. The molecule has 1 saturated heterocycles. The molecule has 0 aromatic rings. The van der Waals surface area contributed by atoms with Crippen molar-refractivity contribution in [3.8, 4) is 0 Å². The van der Waals surface area contributed by atoms with Gasteiger partial charge in [-0.1, -0.05) is 6.92 Å². The summed E-state index contributed by atoms with van der Waals surface area (Å²) in [4.78, 5) is 2.26. The van der Waals surface area contributed by atoms with Gasteiger partial charge in [0.1, 0.15) is 0 Å². The van der Waals surface area contributed by atoms with Crippen LogP contribution in [-0.4, -0.2) is 29.4 Å². The molecule has 0 spiro atoms. The Labute approximate surface area is 68.2 Å². The Hall–Kier alpha value is 0.270. The smallest absolute Gasteiger partial charge is 0.0681 e. The summed E-state index contributed by atoms with van der Waals surface area (Å²) in [6.45, 7) is 2.19. The fourth-order valence-electron chi connectivity index (χ4n) is 1.57. The molecule has 0 unspecified atom stereocenters. The van der Waals surface area contributed by atoms with Crippen molar-refractivity contribution >= 4 is 12.6 Å². The van der Waals surface area contributed by atoms with Gasteiger partial charge in [-0.2, -0.15) is 12.6 Å². The molecule has 0 aromatic heterocycles. The van der Waals surface area contributed by atoms with E-state index in [0.717, 1.165) is 6.42 Å². The van der Waals surface area contributed by atoms with Crippen molar-refractivity contribution in [2.45, 2.75) is 37.2 Å².